The fourth-order valence-corrected chi connectivity index (χ4v) is 9.21. The Hall–Kier alpha value is -2.95. The van der Waals surface area contributed by atoms with Crippen molar-refractivity contribution in [2.45, 2.75) is 259 Å². The number of hydrogen-bond acceptors (Lipinski definition) is 0. The Morgan fingerprint density at radius 2 is 0.908 bits per heavy atom. The molecular weight excluding hydrogens is 831 g/mol. The van der Waals surface area contributed by atoms with Crippen molar-refractivity contribution in [1.82, 2.24) is 0 Å². The molecule has 2 nitrogen and oxygen atoms in total. The van der Waals surface area contributed by atoms with Gasteiger partial charge in [0.25, 0.3) is 0 Å². The molecule has 0 spiro atoms. The van der Waals surface area contributed by atoms with Crippen LogP contribution in [0.2, 0.25) is 10.8 Å². The molecule has 0 aliphatic carbocycles. The molecule has 1 heterocycles. The van der Waals surface area contributed by atoms with E-state index in [-0.39, 0.29) is 0 Å². The van der Waals surface area contributed by atoms with E-state index in [9.17, 15) is 5.53 Å². The van der Waals surface area contributed by atoms with E-state index in [1.165, 1.54) is 178 Å². The third-order valence-electron chi connectivity index (χ3n) is 12.7. The van der Waals surface area contributed by atoms with E-state index in [0.29, 0.717) is 0 Å². The number of unbranched alkanes of at least 4 members (excludes halogenated alkanes) is 17. The van der Waals surface area contributed by atoms with Gasteiger partial charge in [-0.15, -0.1) is 0 Å². The summed E-state index contributed by atoms with van der Waals surface area (Å²) in [6, 6.07) is 14.3. The molecular formula is C62H98N2Ni. The monoisotopic (exact) mass is 929 g/mol. The number of nitrogens with zero attached hydrogens (tertiary/aromatic N) is 2. The minimum absolute atomic E-state index is 0.898. The van der Waals surface area contributed by atoms with Crippen molar-refractivity contribution in [2.24, 2.45) is 0 Å². The molecule has 65 heavy (non-hydrogen) atoms. The van der Waals surface area contributed by atoms with E-state index >= 15 is 0 Å². The van der Waals surface area contributed by atoms with Crippen molar-refractivity contribution >= 4 is 11.4 Å². The molecule has 0 saturated carbocycles. The van der Waals surface area contributed by atoms with E-state index in [2.05, 4.69) is 128 Å². The maximum absolute atomic E-state index is 13.0. The molecule has 366 valence electrons. The second kappa shape index (κ2) is 39.1. The summed E-state index contributed by atoms with van der Waals surface area (Å²) in [5.74, 6) is 7.49. The van der Waals surface area contributed by atoms with E-state index in [0.717, 1.165) is 81.2 Å². The zero-order chi connectivity index (χ0) is 47.2. The molecule has 0 unspecified atom stereocenters. The predicted octanol–water partition coefficient (Wildman–Crippen LogP) is 20.3. The van der Waals surface area contributed by atoms with Crippen LogP contribution in [-0.4, -0.2) is 4.70 Å². The molecule has 2 aromatic rings. The molecule has 0 saturated heterocycles. The van der Waals surface area contributed by atoms with Crippen LogP contribution in [0.25, 0.3) is 16.9 Å². The summed E-state index contributed by atoms with van der Waals surface area (Å²) in [7, 11) is 0. The summed E-state index contributed by atoms with van der Waals surface area (Å²) in [6.07, 6.45) is 44.5. The normalized spacial score (nSPS) is 12.8. The molecule has 0 fully saturated rings. The molecule has 0 amide bonds. The Bertz CT molecular complexity index is 1760. The minimum atomic E-state index is 0.898. The van der Waals surface area contributed by atoms with Crippen LogP contribution in [0.4, 0.5) is 0 Å². The standard InChI is InChI=1S/C58H88N2.2C2H5.Ni/c1-7-13-19-23-26-28-30-33-39-51-45-43-49(37-17-11-5)47-55(51)57-53(41-35-22-16-10-4)54(42-36-32-25-21-15-9-3)58(60(57)59)56-48-50(38-18-12-6)44-46-52(56)40-34-31-29-27-24-20-14-8-2;2*1-2;/h28-31,43-48H,7-27,32-35,37-41H2,1-6H3;2*1H2,2H3;. The first-order valence-electron chi connectivity index (χ1n) is 27.4. The van der Waals surface area contributed by atoms with E-state index in [4.69, 9.17) is 0 Å². The molecule has 0 bridgehead atoms. The summed E-state index contributed by atoms with van der Waals surface area (Å²) >= 11 is 1.82. The van der Waals surface area contributed by atoms with Crippen molar-refractivity contribution in [3.8, 4) is 11.8 Å². The Morgan fingerprint density at radius 1 is 0.462 bits per heavy atom. The van der Waals surface area contributed by atoms with Gasteiger partial charge in [0, 0.05) is 17.6 Å². The topological polar surface area (TPSA) is 25.3 Å². The van der Waals surface area contributed by atoms with Crippen LogP contribution in [0.5, 0.6) is 0 Å². The van der Waals surface area contributed by atoms with Crippen molar-refractivity contribution in [1.29, 1.82) is 0 Å². The number of benzene rings is 2. The van der Waals surface area contributed by atoms with Crippen LogP contribution in [0.1, 0.15) is 256 Å². The maximum atomic E-state index is 13.0. The van der Waals surface area contributed by atoms with Gasteiger partial charge in [-0.25, -0.2) is 4.70 Å². The first-order chi connectivity index (χ1) is 31.9. The van der Waals surface area contributed by atoms with Crippen LogP contribution >= 0.6 is 0 Å². The van der Waals surface area contributed by atoms with Crippen molar-refractivity contribution in [3.63, 3.8) is 0 Å². The molecule has 0 radical (unpaired) electrons. The summed E-state index contributed by atoms with van der Waals surface area (Å²) < 4.78 is 1.63. The number of aryl methyl sites for hydroxylation is 4. The molecule has 0 N–H and O–H groups in total. The van der Waals surface area contributed by atoms with Crippen LogP contribution in [0.3, 0.4) is 0 Å². The molecule has 3 rings (SSSR count). The van der Waals surface area contributed by atoms with Gasteiger partial charge < -0.3 is 5.53 Å². The average molecular weight is 930 g/mol. The third-order valence-corrected chi connectivity index (χ3v) is 13.6. The van der Waals surface area contributed by atoms with E-state index < -0.39 is 0 Å². The second-order valence-electron chi connectivity index (χ2n) is 18.3. The number of rotatable bonds is 35. The molecule has 1 aliphatic rings. The Labute approximate surface area is 409 Å². The van der Waals surface area contributed by atoms with Gasteiger partial charge in [0.1, 0.15) is 5.57 Å². The molecule has 0 atom stereocenters. The van der Waals surface area contributed by atoms with Crippen LogP contribution in [-0.2, 0) is 40.1 Å². The van der Waals surface area contributed by atoms with E-state index in [1.807, 2.05) is 14.4 Å². The average Bonchev–Trinajstić information content (AvgIpc) is 3.59. The SMILES string of the molecule is CCCCCCC#CC1=C(c2cc(CCCC)ccc2CCC=CCCCCCC)[N+](=[N-])C(c2cc(CCCC)ccc2CCC=CCCCCCC)=C1CCCCCC.C[CH2][Ni][CH2]C. The third kappa shape index (κ3) is 23.6. The van der Waals surface area contributed by atoms with E-state index in [1.54, 1.807) is 4.70 Å². The van der Waals surface area contributed by atoms with Crippen molar-refractivity contribution in [3.05, 3.63) is 111 Å². The van der Waals surface area contributed by atoms with Gasteiger partial charge in [0.05, 0.1) is 5.56 Å². The van der Waals surface area contributed by atoms with Gasteiger partial charge in [-0.2, -0.15) is 0 Å². The first-order valence-corrected chi connectivity index (χ1v) is 28.8. The fourth-order valence-electron chi connectivity index (χ4n) is 8.71. The van der Waals surface area contributed by atoms with Crippen LogP contribution in [0, 0.1) is 11.8 Å². The Morgan fingerprint density at radius 3 is 1.37 bits per heavy atom. The predicted molar refractivity (Wildman–Crippen MR) is 286 cm³/mol. The van der Waals surface area contributed by atoms with Crippen LogP contribution < -0.4 is 0 Å². The zero-order valence-electron chi connectivity index (χ0n) is 43.6. The Kier molecular flexibility index (Phi) is 35.0. The fraction of sp³-hybridized carbons (Fsp3) is 0.645. The van der Waals surface area contributed by atoms with Gasteiger partial charge in [0.2, 0.25) is 11.4 Å². The Balaban J connectivity index is 0.00000274. The summed E-state index contributed by atoms with van der Waals surface area (Å²) in [5, 5.41) is 2.56. The molecule has 1 aliphatic heterocycles. The zero-order valence-corrected chi connectivity index (χ0v) is 44.6. The first kappa shape index (κ1) is 58.2. The van der Waals surface area contributed by atoms with Crippen LogP contribution in [0.15, 0.2) is 71.8 Å². The van der Waals surface area contributed by atoms with Crippen molar-refractivity contribution in [2.75, 3.05) is 0 Å². The van der Waals surface area contributed by atoms with Gasteiger partial charge in [-0.05, 0) is 131 Å². The van der Waals surface area contributed by atoms with Gasteiger partial charge >= 0.3 is 39.1 Å². The summed E-state index contributed by atoms with van der Waals surface area (Å²) in [6.45, 7) is 18.1. The molecule has 3 heteroatoms. The van der Waals surface area contributed by atoms with Gasteiger partial charge in [-0.3, -0.25) is 0 Å². The summed E-state index contributed by atoms with van der Waals surface area (Å²) in [5.41, 5.74) is 25.0. The number of hydrogen-bond donors (Lipinski definition) is 0. The second-order valence-corrected chi connectivity index (χ2v) is 20.2. The number of allylic oxidation sites excluding steroid dienone is 6. The van der Waals surface area contributed by atoms with Gasteiger partial charge in [0.15, 0.2) is 0 Å². The van der Waals surface area contributed by atoms with Crippen molar-refractivity contribution < 1.29 is 19.1 Å². The molecule has 0 aromatic heterocycles. The quantitative estimate of drug-likeness (QED) is 0.0216. The molecule has 2 aromatic carbocycles. The van der Waals surface area contributed by atoms with Gasteiger partial charge in [-0.1, -0.05) is 192 Å². The summed E-state index contributed by atoms with van der Waals surface area (Å²) in [4.78, 5) is 0.